The standard InChI is InChI=1S/C12H9N3O3/c13-6-8-3-1-2-4-9(8)7-15-11(17)5-10(16)14-12(15)18/h1-4H,5,7H2,(H,14,16,18). The lowest BCUT2D eigenvalue weighted by atomic mass is 10.1. The second-order valence-electron chi connectivity index (χ2n) is 3.78. The zero-order valence-electron chi connectivity index (χ0n) is 9.34. The number of nitrogens with zero attached hydrogens (tertiary/aromatic N) is 2. The minimum atomic E-state index is -0.746. The van der Waals surface area contributed by atoms with Gasteiger partial charge in [0.15, 0.2) is 0 Å². The van der Waals surface area contributed by atoms with Gasteiger partial charge in [-0.05, 0) is 11.6 Å². The molecule has 0 aromatic heterocycles. The molecule has 2 rings (SSSR count). The molecule has 0 bridgehead atoms. The van der Waals surface area contributed by atoms with Crippen molar-refractivity contribution in [1.82, 2.24) is 10.2 Å². The van der Waals surface area contributed by atoms with E-state index in [0.29, 0.717) is 11.1 Å². The second kappa shape index (κ2) is 4.67. The third-order valence-electron chi connectivity index (χ3n) is 2.57. The van der Waals surface area contributed by atoms with Gasteiger partial charge in [0.25, 0.3) is 0 Å². The molecule has 0 aliphatic carbocycles. The van der Waals surface area contributed by atoms with Crippen molar-refractivity contribution in [1.29, 1.82) is 5.26 Å². The van der Waals surface area contributed by atoms with Crippen molar-refractivity contribution in [3.63, 3.8) is 0 Å². The summed E-state index contributed by atoms with van der Waals surface area (Å²) in [6, 6.07) is 7.92. The number of nitriles is 1. The number of carbonyl (C=O) groups is 3. The first-order chi connectivity index (χ1) is 8.61. The molecule has 1 aliphatic rings. The number of carbonyl (C=O) groups excluding carboxylic acids is 3. The summed E-state index contributed by atoms with van der Waals surface area (Å²) in [5.41, 5.74) is 0.966. The zero-order valence-corrected chi connectivity index (χ0v) is 9.34. The van der Waals surface area contributed by atoms with Gasteiger partial charge < -0.3 is 0 Å². The lowest BCUT2D eigenvalue weighted by Crippen LogP contribution is -2.52. The van der Waals surface area contributed by atoms with Crippen LogP contribution in [-0.4, -0.2) is 22.7 Å². The molecule has 1 aromatic carbocycles. The van der Waals surface area contributed by atoms with Crippen molar-refractivity contribution < 1.29 is 14.4 Å². The van der Waals surface area contributed by atoms with Crippen LogP contribution in [-0.2, 0) is 16.1 Å². The SMILES string of the molecule is N#Cc1ccccc1CN1C(=O)CC(=O)NC1=O. The van der Waals surface area contributed by atoms with Crippen LogP contribution in [0.4, 0.5) is 4.79 Å². The number of barbiturate groups is 1. The highest BCUT2D eigenvalue weighted by Gasteiger charge is 2.30. The fourth-order valence-electron chi connectivity index (χ4n) is 1.67. The molecule has 0 atom stereocenters. The number of amides is 4. The van der Waals surface area contributed by atoms with Crippen LogP contribution in [0.25, 0.3) is 0 Å². The lowest BCUT2D eigenvalue weighted by molar-refractivity contribution is -0.136. The van der Waals surface area contributed by atoms with Crippen molar-refractivity contribution in [3.05, 3.63) is 35.4 Å². The van der Waals surface area contributed by atoms with E-state index in [2.05, 4.69) is 5.32 Å². The molecule has 1 heterocycles. The van der Waals surface area contributed by atoms with E-state index in [-0.39, 0.29) is 13.0 Å². The van der Waals surface area contributed by atoms with Crippen LogP contribution in [0, 0.1) is 11.3 Å². The first-order valence-corrected chi connectivity index (χ1v) is 5.24. The van der Waals surface area contributed by atoms with Gasteiger partial charge in [-0.15, -0.1) is 0 Å². The van der Waals surface area contributed by atoms with Crippen molar-refractivity contribution >= 4 is 17.8 Å². The number of hydrogen-bond donors (Lipinski definition) is 1. The second-order valence-corrected chi connectivity index (χ2v) is 3.78. The molecule has 0 unspecified atom stereocenters. The molecule has 0 radical (unpaired) electrons. The van der Waals surface area contributed by atoms with Crippen molar-refractivity contribution in [2.45, 2.75) is 13.0 Å². The Balaban J connectivity index is 2.24. The first-order valence-electron chi connectivity index (χ1n) is 5.24. The maximum Gasteiger partial charge on any atom is 0.331 e. The van der Waals surface area contributed by atoms with Gasteiger partial charge in [-0.2, -0.15) is 5.26 Å². The smallest absolute Gasteiger partial charge is 0.277 e. The summed E-state index contributed by atoms with van der Waals surface area (Å²) >= 11 is 0. The molecule has 4 amide bonds. The van der Waals surface area contributed by atoms with Gasteiger partial charge in [-0.3, -0.25) is 19.8 Å². The van der Waals surface area contributed by atoms with Gasteiger partial charge >= 0.3 is 6.03 Å². The number of nitrogens with one attached hydrogen (secondary N) is 1. The van der Waals surface area contributed by atoms with E-state index in [1.165, 1.54) is 0 Å². The minimum absolute atomic E-state index is 0.0122. The molecule has 0 saturated carbocycles. The van der Waals surface area contributed by atoms with E-state index in [0.717, 1.165) is 4.90 Å². The lowest BCUT2D eigenvalue weighted by Gasteiger charge is -2.24. The number of hydrogen-bond acceptors (Lipinski definition) is 4. The van der Waals surface area contributed by atoms with Crippen molar-refractivity contribution in [2.24, 2.45) is 0 Å². The average Bonchev–Trinajstić information content (AvgIpc) is 2.34. The van der Waals surface area contributed by atoms with Crippen LogP contribution in [0.5, 0.6) is 0 Å². The Bertz CT molecular complexity index is 554. The van der Waals surface area contributed by atoms with Crippen LogP contribution >= 0.6 is 0 Å². The van der Waals surface area contributed by atoms with Gasteiger partial charge in [0.2, 0.25) is 11.8 Å². The fourth-order valence-corrected chi connectivity index (χ4v) is 1.67. The summed E-state index contributed by atoms with van der Waals surface area (Å²) in [4.78, 5) is 35.0. The minimum Gasteiger partial charge on any atom is -0.277 e. The highest BCUT2D eigenvalue weighted by atomic mass is 16.2. The van der Waals surface area contributed by atoms with Crippen molar-refractivity contribution in [3.8, 4) is 6.07 Å². The van der Waals surface area contributed by atoms with E-state index in [1.54, 1.807) is 24.3 Å². The molecule has 18 heavy (non-hydrogen) atoms. The molecule has 1 aliphatic heterocycles. The van der Waals surface area contributed by atoms with E-state index in [1.807, 2.05) is 6.07 Å². The molecule has 6 nitrogen and oxygen atoms in total. The Morgan fingerprint density at radius 2 is 2.00 bits per heavy atom. The molecular formula is C12H9N3O3. The van der Waals surface area contributed by atoms with E-state index in [4.69, 9.17) is 5.26 Å². The third-order valence-corrected chi connectivity index (χ3v) is 2.57. The molecule has 6 heteroatoms. The maximum absolute atomic E-state index is 11.6. The largest absolute Gasteiger partial charge is 0.331 e. The van der Waals surface area contributed by atoms with Gasteiger partial charge in [0.05, 0.1) is 18.2 Å². The van der Waals surface area contributed by atoms with Crippen LogP contribution in [0.15, 0.2) is 24.3 Å². The molecule has 1 aromatic rings. The quantitative estimate of drug-likeness (QED) is 0.767. The highest BCUT2D eigenvalue weighted by Crippen LogP contribution is 2.13. The molecule has 1 saturated heterocycles. The first kappa shape index (κ1) is 11.8. The Kier molecular flexibility index (Phi) is 3.06. The van der Waals surface area contributed by atoms with Gasteiger partial charge in [0, 0.05) is 0 Å². The average molecular weight is 243 g/mol. The van der Waals surface area contributed by atoms with Crippen LogP contribution < -0.4 is 5.32 Å². The fraction of sp³-hybridized carbons (Fsp3) is 0.167. The summed E-state index contributed by atoms with van der Waals surface area (Å²) in [6.07, 6.45) is -0.347. The van der Waals surface area contributed by atoms with Crippen LogP contribution in [0.1, 0.15) is 17.5 Å². The normalized spacial score (nSPS) is 15.3. The van der Waals surface area contributed by atoms with Gasteiger partial charge in [-0.1, -0.05) is 18.2 Å². The molecule has 1 fully saturated rings. The highest BCUT2D eigenvalue weighted by molar-refractivity contribution is 6.14. The molecule has 1 N–H and O–H groups in total. The summed E-state index contributed by atoms with van der Waals surface area (Å²) in [7, 11) is 0. The Morgan fingerprint density at radius 3 is 2.67 bits per heavy atom. The predicted octanol–water partition coefficient (Wildman–Crippen LogP) is 0.527. The Morgan fingerprint density at radius 1 is 1.28 bits per heavy atom. The van der Waals surface area contributed by atoms with E-state index in [9.17, 15) is 14.4 Å². The zero-order chi connectivity index (χ0) is 13.1. The summed E-state index contributed by atoms with van der Waals surface area (Å²) in [5.74, 6) is -1.16. The Hall–Kier alpha value is -2.68. The van der Waals surface area contributed by atoms with E-state index < -0.39 is 17.8 Å². The molecule has 90 valence electrons. The third kappa shape index (κ3) is 2.20. The molecular weight excluding hydrogens is 234 g/mol. The Labute approximate surface area is 103 Å². The monoisotopic (exact) mass is 243 g/mol. The number of urea groups is 1. The molecule has 0 spiro atoms. The topological polar surface area (TPSA) is 90.3 Å². The van der Waals surface area contributed by atoms with E-state index >= 15 is 0 Å². The van der Waals surface area contributed by atoms with Gasteiger partial charge in [0.1, 0.15) is 6.42 Å². The van der Waals surface area contributed by atoms with Crippen LogP contribution in [0.3, 0.4) is 0 Å². The number of rotatable bonds is 2. The number of benzene rings is 1. The van der Waals surface area contributed by atoms with Gasteiger partial charge in [-0.25, -0.2) is 4.79 Å². The van der Waals surface area contributed by atoms with Crippen molar-refractivity contribution in [2.75, 3.05) is 0 Å². The van der Waals surface area contributed by atoms with Crippen LogP contribution in [0.2, 0.25) is 0 Å². The summed E-state index contributed by atoms with van der Waals surface area (Å²) in [6.45, 7) is -0.0122. The predicted molar refractivity (Wildman–Crippen MR) is 59.9 cm³/mol. The maximum atomic E-state index is 11.6. The summed E-state index contributed by atoms with van der Waals surface area (Å²) in [5, 5.41) is 11.0. The summed E-state index contributed by atoms with van der Waals surface area (Å²) < 4.78 is 0. The number of imide groups is 2.